The minimum Gasteiger partial charge on any atom is -0.550 e. The number of carboxylic acids is 2. The fourth-order valence-corrected chi connectivity index (χ4v) is 0.987. The summed E-state index contributed by atoms with van der Waals surface area (Å²) in [5.74, 6) is -5.22. The summed E-state index contributed by atoms with van der Waals surface area (Å²) in [6.07, 6.45) is -31.3. The Hall–Kier alpha value is -1.14. The molecule has 0 radical (unpaired) electrons. The quantitative estimate of drug-likeness (QED) is 0.520. The minimum atomic E-state index is -3.98. The number of nitrogens with two attached hydrogens (primary N) is 2. The van der Waals surface area contributed by atoms with Crippen molar-refractivity contribution in [3.8, 4) is 0 Å². The summed E-state index contributed by atoms with van der Waals surface area (Å²) in [7, 11) is 0. The molecule has 6 heteroatoms. The second kappa shape index (κ2) is 19.9. The van der Waals surface area contributed by atoms with E-state index in [9.17, 15) is 19.8 Å². The van der Waals surface area contributed by atoms with E-state index in [2.05, 4.69) is 10.6 Å². The van der Waals surface area contributed by atoms with Gasteiger partial charge in [-0.25, -0.2) is 0 Å². The predicted octanol–water partition coefficient (Wildman–Crippen LogP) is -2.24. The summed E-state index contributed by atoms with van der Waals surface area (Å²) < 4.78 is 155. The molecule has 1 saturated heterocycles. The normalized spacial score (nSPS) is 34.4. The molecule has 0 aromatic carbocycles. The summed E-state index contributed by atoms with van der Waals surface area (Å²) in [6, 6.07) is 0. The molecule has 1 aliphatic rings. The molecule has 0 aliphatic carbocycles. The Bertz CT molecular complexity index is 902. The van der Waals surface area contributed by atoms with Crippen molar-refractivity contribution in [2.45, 2.75) is 64.7 Å². The highest BCUT2D eigenvalue weighted by Gasteiger charge is 1.99. The van der Waals surface area contributed by atoms with Gasteiger partial charge in [0.05, 0.1) is 0 Å². The summed E-state index contributed by atoms with van der Waals surface area (Å²) >= 11 is 0. The topological polar surface area (TPSA) is 113 Å². The first kappa shape index (κ1) is 4.93. The van der Waals surface area contributed by atoms with Gasteiger partial charge in [0, 0.05) is 42.1 Å². The van der Waals surface area contributed by atoms with Gasteiger partial charge in [-0.1, -0.05) is 39.2 Å². The van der Waals surface area contributed by atoms with E-state index in [4.69, 9.17) is 30.2 Å². The molecular weight excluding hydrogens is 284 g/mol. The molecule has 0 unspecified atom stereocenters. The molecule has 0 aromatic heterocycles. The summed E-state index contributed by atoms with van der Waals surface area (Å²) in [4.78, 5) is 21.1. The van der Waals surface area contributed by atoms with Gasteiger partial charge in [0.15, 0.2) is 0 Å². The van der Waals surface area contributed by atoms with Crippen LogP contribution in [0, 0.1) is 0 Å². The smallest absolute Gasteiger partial charge is 0.125 e. The lowest BCUT2D eigenvalue weighted by molar-refractivity contribution is -0.787. The first-order valence-electron chi connectivity index (χ1n) is 16.9. The van der Waals surface area contributed by atoms with Crippen LogP contribution in [0.3, 0.4) is 0 Å². The van der Waals surface area contributed by atoms with Gasteiger partial charge >= 0.3 is 0 Å². The van der Waals surface area contributed by atoms with Crippen LogP contribution in [0.5, 0.6) is 0 Å². The summed E-state index contributed by atoms with van der Waals surface area (Å²) in [5.41, 5.74) is 0. The number of carbonyl (C=O) groups is 2. The van der Waals surface area contributed by atoms with Crippen LogP contribution < -0.4 is 20.8 Å². The van der Waals surface area contributed by atoms with Gasteiger partial charge in [0.25, 0.3) is 0 Å². The van der Waals surface area contributed by atoms with Crippen LogP contribution in [0.2, 0.25) is 0 Å². The number of hydrogen-bond donors (Lipinski definition) is 2. The average molecular weight is 341 g/mol. The lowest BCUT2D eigenvalue weighted by Crippen LogP contribution is -3.04. The van der Waals surface area contributed by atoms with E-state index in [-0.39, 0.29) is 0 Å². The lowest BCUT2D eigenvalue weighted by Gasteiger charge is -2.04. The van der Waals surface area contributed by atoms with Gasteiger partial charge in [-0.15, -0.1) is 0 Å². The zero-order valence-corrected chi connectivity index (χ0v) is 11.6. The van der Waals surface area contributed by atoms with Crippen LogP contribution in [0.15, 0.2) is 0 Å². The van der Waals surface area contributed by atoms with Gasteiger partial charge < -0.3 is 30.4 Å². The molecule has 0 spiro atoms. The van der Waals surface area contributed by atoms with E-state index in [1.807, 2.05) is 0 Å². The molecule has 0 saturated carbocycles. The van der Waals surface area contributed by atoms with Crippen molar-refractivity contribution in [1.29, 1.82) is 0 Å². The highest BCUT2D eigenvalue weighted by molar-refractivity contribution is 5.64. The Morgan fingerprint density at radius 2 is 1.23 bits per heavy atom. The van der Waals surface area contributed by atoms with E-state index < -0.39 is 76.6 Å². The number of hydrogen-bond acceptors (Lipinski definition) is 4. The number of piperazine rings is 1. The van der Waals surface area contributed by atoms with Crippen molar-refractivity contribution in [1.82, 2.24) is 0 Å². The Balaban J connectivity index is 0. The molecule has 0 aromatic rings. The maximum absolute atomic E-state index is 10.5. The van der Waals surface area contributed by atoms with Crippen molar-refractivity contribution in [3.05, 3.63) is 0 Å². The summed E-state index contributed by atoms with van der Waals surface area (Å²) in [5, 5.41) is 25.8. The molecule has 4 N–H and O–H groups in total. The van der Waals surface area contributed by atoms with Crippen LogP contribution >= 0.6 is 0 Å². The fraction of sp³-hybridized carbons (Fsp3) is 0.875. The van der Waals surface area contributed by atoms with Crippen LogP contribution in [-0.2, 0) is 9.59 Å². The Labute approximate surface area is 165 Å². The van der Waals surface area contributed by atoms with Crippen LogP contribution in [-0.4, -0.2) is 38.1 Å². The Kier molecular flexibility index (Phi) is 4.45. The van der Waals surface area contributed by atoms with Crippen LogP contribution in [0.4, 0.5) is 0 Å². The molecular formula is C16H34N2O4. The number of carbonyl (C=O) groups excluding carboxylic acids is 2. The fourth-order valence-electron chi connectivity index (χ4n) is 0.987. The minimum absolute atomic E-state index is 1.32. The molecule has 1 aliphatic heterocycles. The molecule has 0 bridgehead atoms. The number of aliphatic carboxylic acids is 2. The Morgan fingerprint density at radius 1 is 0.864 bits per heavy atom. The number of quaternary nitrogens is 2. The molecule has 6 nitrogen and oxygen atoms in total. The van der Waals surface area contributed by atoms with Crippen molar-refractivity contribution in [2.75, 3.05) is 26.2 Å². The Morgan fingerprint density at radius 3 is 1.45 bits per heavy atom. The third kappa shape index (κ3) is 27.2. The van der Waals surface area contributed by atoms with Crippen molar-refractivity contribution >= 4 is 11.9 Å². The highest BCUT2D eigenvalue weighted by Crippen LogP contribution is 1.96. The maximum Gasteiger partial charge on any atom is 0.125 e. The van der Waals surface area contributed by atoms with Gasteiger partial charge in [-0.3, -0.25) is 0 Å². The molecule has 0 atom stereocenters. The van der Waals surface area contributed by atoms with Crippen LogP contribution in [0.25, 0.3) is 0 Å². The lowest BCUT2D eigenvalue weighted by atomic mass is 10.2. The standard InChI is InChI=1S/2C6H12O2.C4H10N2/c2*1-2-3-4-5-6(7)8;1-2-6-4-3-5-1/h2*2-5H2,1H3,(H,7,8);5-6H,1-4H2/i2*1D3,2D2,3D2,4D2,5D2;. The third-order valence-electron chi connectivity index (χ3n) is 1.73. The van der Waals surface area contributed by atoms with Crippen molar-refractivity contribution < 1.29 is 60.6 Å². The second-order valence-electron chi connectivity index (χ2n) is 3.31. The number of carboxylic acid groups (broad SMARTS) is 2. The largest absolute Gasteiger partial charge is 0.550 e. The first-order valence-corrected chi connectivity index (χ1v) is 5.95. The SMILES string of the molecule is C1C[NH2+]CC[NH2+]1.[2H]C([2H])([2H])C([2H])([2H])C([2H])([2H])C([2H])([2H])C([2H])([2H])C(=O)[O-].[2H]C([2H])([2H])C([2H])([2H])C([2H])([2H])C([2H])([2H])C([2H])([2H])C(=O)[O-]. The summed E-state index contributed by atoms with van der Waals surface area (Å²) in [6.45, 7) is -1.96. The van der Waals surface area contributed by atoms with Gasteiger partial charge in [0.2, 0.25) is 0 Å². The molecule has 22 heavy (non-hydrogen) atoms. The van der Waals surface area contributed by atoms with E-state index in [1.54, 1.807) is 0 Å². The highest BCUT2D eigenvalue weighted by atomic mass is 16.4. The molecule has 1 fully saturated rings. The zero-order valence-electron chi connectivity index (χ0n) is 33.6. The van der Waals surface area contributed by atoms with E-state index in [1.165, 1.54) is 26.2 Å². The zero-order chi connectivity index (χ0) is 36.4. The van der Waals surface area contributed by atoms with Crippen molar-refractivity contribution in [2.24, 2.45) is 0 Å². The van der Waals surface area contributed by atoms with E-state index in [0.29, 0.717) is 0 Å². The second-order valence-corrected chi connectivity index (χ2v) is 3.31. The van der Waals surface area contributed by atoms with Crippen molar-refractivity contribution in [3.63, 3.8) is 0 Å². The van der Waals surface area contributed by atoms with Crippen LogP contribution in [0.1, 0.15) is 94.8 Å². The van der Waals surface area contributed by atoms with E-state index >= 15 is 0 Å². The van der Waals surface area contributed by atoms with Gasteiger partial charge in [0.1, 0.15) is 26.2 Å². The first-order chi connectivity index (χ1) is 18.9. The molecule has 1 rings (SSSR count). The maximum atomic E-state index is 10.5. The monoisotopic (exact) mass is 340 g/mol. The third-order valence-corrected chi connectivity index (χ3v) is 1.73. The molecule has 0 amide bonds. The predicted molar refractivity (Wildman–Crippen MR) is 81.6 cm³/mol. The van der Waals surface area contributed by atoms with E-state index in [0.717, 1.165) is 0 Å². The molecule has 1 heterocycles. The van der Waals surface area contributed by atoms with Gasteiger partial charge in [-0.2, -0.15) is 0 Å². The average Bonchev–Trinajstić information content (AvgIpc) is 2.83. The molecule has 132 valence electrons. The number of rotatable bonds is 8. The van der Waals surface area contributed by atoms with Gasteiger partial charge in [-0.05, 0) is 25.5 Å².